The molecule has 5 heteroatoms. The number of likely N-dealkylation sites (tertiary alicyclic amines) is 1. The van der Waals surface area contributed by atoms with Crippen LogP contribution >= 0.6 is 0 Å². The lowest BCUT2D eigenvalue weighted by molar-refractivity contribution is -0.118. The van der Waals surface area contributed by atoms with Crippen molar-refractivity contribution in [3.63, 3.8) is 0 Å². The summed E-state index contributed by atoms with van der Waals surface area (Å²) < 4.78 is 5.63. The van der Waals surface area contributed by atoms with E-state index in [2.05, 4.69) is 5.32 Å². The van der Waals surface area contributed by atoms with Gasteiger partial charge in [-0.15, -0.1) is 0 Å². The second-order valence-corrected chi connectivity index (χ2v) is 7.39. The summed E-state index contributed by atoms with van der Waals surface area (Å²) in [5.41, 5.74) is 3.40. The van der Waals surface area contributed by atoms with Gasteiger partial charge in [0.2, 0.25) is 0 Å². The summed E-state index contributed by atoms with van der Waals surface area (Å²) in [6.07, 6.45) is 4.53. The molecule has 0 aromatic heterocycles. The summed E-state index contributed by atoms with van der Waals surface area (Å²) in [5.74, 6) is 0.555. The Morgan fingerprint density at radius 2 is 1.64 bits per heavy atom. The molecule has 0 bridgehead atoms. The molecule has 28 heavy (non-hydrogen) atoms. The molecule has 1 fully saturated rings. The zero-order valence-corrected chi connectivity index (χ0v) is 16.7. The maximum Gasteiger partial charge on any atom is 0.262 e. The number of ether oxygens (including phenoxy) is 1. The number of benzene rings is 2. The second kappa shape index (κ2) is 9.40. The lowest BCUT2D eigenvalue weighted by Crippen LogP contribution is -2.31. The topological polar surface area (TPSA) is 58.6 Å². The first-order chi connectivity index (χ1) is 13.5. The number of aryl methyl sites for hydroxylation is 2. The molecule has 0 saturated carbocycles. The van der Waals surface area contributed by atoms with Crippen molar-refractivity contribution in [3.8, 4) is 5.75 Å². The van der Waals surface area contributed by atoms with E-state index in [9.17, 15) is 9.59 Å². The molecule has 0 radical (unpaired) electrons. The minimum absolute atomic E-state index is 0.0568. The van der Waals surface area contributed by atoms with Crippen molar-refractivity contribution in [1.29, 1.82) is 0 Å². The molecular formula is C23H28N2O3. The second-order valence-electron chi connectivity index (χ2n) is 7.39. The SMILES string of the molecule is Cc1ccc(C)c(OCC(=O)Nc2ccc(C(=O)N3CCCCCC3)cc2)c1. The third-order valence-electron chi connectivity index (χ3n) is 5.01. The molecule has 148 valence electrons. The van der Waals surface area contributed by atoms with Gasteiger partial charge in [-0.25, -0.2) is 0 Å². The van der Waals surface area contributed by atoms with Crippen LogP contribution in [0.15, 0.2) is 42.5 Å². The van der Waals surface area contributed by atoms with E-state index in [1.165, 1.54) is 12.8 Å². The fourth-order valence-electron chi connectivity index (χ4n) is 3.36. The number of nitrogens with zero attached hydrogens (tertiary/aromatic N) is 1. The van der Waals surface area contributed by atoms with Gasteiger partial charge in [0.05, 0.1) is 0 Å². The van der Waals surface area contributed by atoms with Gasteiger partial charge in [0.1, 0.15) is 5.75 Å². The van der Waals surface area contributed by atoms with Crippen LogP contribution in [0.4, 0.5) is 5.69 Å². The molecule has 3 rings (SSSR count). The minimum atomic E-state index is -0.229. The minimum Gasteiger partial charge on any atom is -0.483 e. The lowest BCUT2D eigenvalue weighted by Gasteiger charge is -2.20. The molecule has 1 N–H and O–H groups in total. The van der Waals surface area contributed by atoms with Crippen molar-refractivity contribution in [2.24, 2.45) is 0 Å². The molecule has 1 aliphatic rings. The summed E-state index contributed by atoms with van der Waals surface area (Å²) >= 11 is 0. The lowest BCUT2D eigenvalue weighted by atomic mass is 10.1. The first-order valence-corrected chi connectivity index (χ1v) is 9.92. The Balaban J connectivity index is 1.54. The molecule has 0 aliphatic carbocycles. The average Bonchev–Trinajstić information content (AvgIpc) is 2.98. The van der Waals surface area contributed by atoms with Crippen molar-refractivity contribution in [3.05, 3.63) is 59.2 Å². The van der Waals surface area contributed by atoms with E-state index in [0.29, 0.717) is 17.0 Å². The molecule has 5 nitrogen and oxygen atoms in total. The standard InChI is InChI=1S/C23H28N2O3/c1-17-7-8-18(2)21(15-17)28-16-22(26)24-20-11-9-19(10-12-20)23(27)25-13-5-3-4-6-14-25/h7-12,15H,3-6,13-14,16H2,1-2H3,(H,24,26). The van der Waals surface area contributed by atoms with Gasteiger partial charge >= 0.3 is 0 Å². The first kappa shape index (κ1) is 19.9. The Kier molecular flexibility index (Phi) is 6.69. The highest BCUT2D eigenvalue weighted by Gasteiger charge is 2.17. The van der Waals surface area contributed by atoms with Crippen molar-refractivity contribution < 1.29 is 14.3 Å². The van der Waals surface area contributed by atoms with Crippen LogP contribution in [0.1, 0.15) is 47.2 Å². The van der Waals surface area contributed by atoms with E-state index in [4.69, 9.17) is 4.74 Å². The Morgan fingerprint density at radius 1 is 0.964 bits per heavy atom. The van der Waals surface area contributed by atoms with Crippen molar-refractivity contribution in [1.82, 2.24) is 4.90 Å². The molecule has 0 spiro atoms. The molecule has 2 amide bonds. The Hall–Kier alpha value is -2.82. The van der Waals surface area contributed by atoms with Crippen molar-refractivity contribution >= 4 is 17.5 Å². The predicted molar refractivity (Wildman–Crippen MR) is 111 cm³/mol. The summed E-state index contributed by atoms with van der Waals surface area (Å²) in [6, 6.07) is 13.0. The molecule has 1 heterocycles. The van der Waals surface area contributed by atoms with Gasteiger partial charge in [-0.05, 0) is 68.1 Å². The van der Waals surface area contributed by atoms with Crippen LogP contribution in [-0.2, 0) is 4.79 Å². The predicted octanol–water partition coefficient (Wildman–Crippen LogP) is 4.34. The van der Waals surface area contributed by atoms with Crippen LogP contribution in [0.5, 0.6) is 5.75 Å². The molecule has 2 aromatic carbocycles. The van der Waals surface area contributed by atoms with Gasteiger partial charge in [0.25, 0.3) is 11.8 Å². The zero-order valence-electron chi connectivity index (χ0n) is 16.7. The van der Waals surface area contributed by atoms with E-state index in [0.717, 1.165) is 37.1 Å². The van der Waals surface area contributed by atoms with E-state index < -0.39 is 0 Å². The number of rotatable bonds is 5. The smallest absolute Gasteiger partial charge is 0.262 e. The third-order valence-corrected chi connectivity index (χ3v) is 5.01. The largest absolute Gasteiger partial charge is 0.483 e. The molecule has 0 atom stereocenters. The van der Waals surface area contributed by atoms with E-state index in [1.54, 1.807) is 24.3 Å². The number of carbonyl (C=O) groups is 2. The maximum atomic E-state index is 12.6. The van der Waals surface area contributed by atoms with Gasteiger partial charge in [-0.3, -0.25) is 9.59 Å². The van der Waals surface area contributed by atoms with Crippen LogP contribution in [0.25, 0.3) is 0 Å². The number of carbonyl (C=O) groups excluding carboxylic acids is 2. The van der Waals surface area contributed by atoms with Crippen LogP contribution < -0.4 is 10.1 Å². The number of anilines is 1. The number of hydrogen-bond donors (Lipinski definition) is 1. The van der Waals surface area contributed by atoms with Gasteiger partial charge in [-0.2, -0.15) is 0 Å². The van der Waals surface area contributed by atoms with Crippen LogP contribution in [0.3, 0.4) is 0 Å². The molecule has 1 aliphatic heterocycles. The number of amides is 2. The van der Waals surface area contributed by atoms with Crippen LogP contribution in [-0.4, -0.2) is 36.4 Å². The fraction of sp³-hybridized carbons (Fsp3) is 0.391. The fourth-order valence-corrected chi connectivity index (χ4v) is 3.36. The maximum absolute atomic E-state index is 12.6. The van der Waals surface area contributed by atoms with Gasteiger partial charge in [-0.1, -0.05) is 25.0 Å². The Morgan fingerprint density at radius 3 is 2.32 bits per heavy atom. The molecule has 2 aromatic rings. The summed E-state index contributed by atoms with van der Waals surface area (Å²) in [7, 11) is 0. The van der Waals surface area contributed by atoms with E-state index in [-0.39, 0.29) is 18.4 Å². The Bertz CT molecular complexity index is 822. The summed E-state index contributed by atoms with van der Waals surface area (Å²) in [4.78, 5) is 26.7. The van der Waals surface area contributed by atoms with Gasteiger partial charge in [0.15, 0.2) is 6.61 Å². The number of nitrogens with one attached hydrogen (secondary N) is 1. The molecule has 1 saturated heterocycles. The third kappa shape index (κ3) is 5.35. The van der Waals surface area contributed by atoms with Crippen molar-refractivity contribution in [2.45, 2.75) is 39.5 Å². The van der Waals surface area contributed by atoms with E-state index in [1.807, 2.05) is 36.9 Å². The quantitative estimate of drug-likeness (QED) is 0.840. The highest BCUT2D eigenvalue weighted by atomic mass is 16.5. The molecule has 0 unspecified atom stereocenters. The number of hydrogen-bond acceptors (Lipinski definition) is 3. The summed E-state index contributed by atoms with van der Waals surface area (Å²) in [5, 5.41) is 2.81. The molecular weight excluding hydrogens is 352 g/mol. The summed E-state index contributed by atoms with van der Waals surface area (Å²) in [6.45, 7) is 5.53. The van der Waals surface area contributed by atoms with Crippen LogP contribution in [0, 0.1) is 13.8 Å². The average molecular weight is 380 g/mol. The van der Waals surface area contributed by atoms with Gasteiger partial charge < -0.3 is 15.0 Å². The van der Waals surface area contributed by atoms with Gasteiger partial charge in [0, 0.05) is 24.3 Å². The first-order valence-electron chi connectivity index (χ1n) is 9.92. The monoisotopic (exact) mass is 380 g/mol. The highest BCUT2D eigenvalue weighted by molar-refractivity contribution is 5.96. The van der Waals surface area contributed by atoms with Crippen molar-refractivity contribution in [2.75, 3.05) is 25.0 Å². The van der Waals surface area contributed by atoms with E-state index >= 15 is 0 Å². The normalized spacial score (nSPS) is 14.3. The Labute approximate surface area is 166 Å². The zero-order chi connectivity index (χ0) is 19.9. The van der Waals surface area contributed by atoms with Crippen LogP contribution in [0.2, 0.25) is 0 Å². The highest BCUT2D eigenvalue weighted by Crippen LogP contribution is 2.19.